The van der Waals surface area contributed by atoms with E-state index in [4.69, 9.17) is 5.73 Å². The van der Waals surface area contributed by atoms with E-state index >= 15 is 0 Å². The maximum Gasteiger partial charge on any atom is 0.225 e. The molecule has 0 aromatic heterocycles. The van der Waals surface area contributed by atoms with E-state index in [-0.39, 0.29) is 17.9 Å². The molecular formula is C16H29N3O. The summed E-state index contributed by atoms with van der Waals surface area (Å²) in [5, 5.41) is 3.15. The minimum absolute atomic E-state index is 0.0903. The highest BCUT2D eigenvalue weighted by molar-refractivity contribution is 5.80. The van der Waals surface area contributed by atoms with Crippen molar-refractivity contribution in [3.63, 3.8) is 0 Å². The van der Waals surface area contributed by atoms with Crippen LogP contribution in [0.1, 0.15) is 45.4 Å². The van der Waals surface area contributed by atoms with Gasteiger partial charge >= 0.3 is 0 Å². The average Bonchev–Trinajstić information content (AvgIpc) is 3.01. The molecule has 2 saturated carbocycles. The van der Waals surface area contributed by atoms with E-state index in [1.165, 1.54) is 45.1 Å². The number of hydrogen-bond acceptors (Lipinski definition) is 3. The maximum absolute atomic E-state index is 12.4. The predicted molar refractivity (Wildman–Crippen MR) is 80.2 cm³/mol. The first-order valence-electron chi connectivity index (χ1n) is 8.44. The minimum atomic E-state index is 0.0903. The summed E-state index contributed by atoms with van der Waals surface area (Å²) in [7, 11) is 0. The molecule has 1 saturated heterocycles. The highest BCUT2D eigenvalue weighted by atomic mass is 16.1. The molecule has 4 heteroatoms. The number of rotatable bonds is 4. The summed E-state index contributed by atoms with van der Waals surface area (Å²) in [4.78, 5) is 14.9. The third-order valence-electron chi connectivity index (χ3n) is 5.92. The molecule has 3 aliphatic rings. The van der Waals surface area contributed by atoms with Gasteiger partial charge in [-0.2, -0.15) is 0 Å². The summed E-state index contributed by atoms with van der Waals surface area (Å²) in [5.41, 5.74) is 6.23. The van der Waals surface area contributed by atoms with E-state index in [2.05, 4.69) is 17.1 Å². The smallest absolute Gasteiger partial charge is 0.225 e. The third-order valence-corrected chi connectivity index (χ3v) is 5.92. The van der Waals surface area contributed by atoms with Crippen LogP contribution in [0.5, 0.6) is 0 Å². The van der Waals surface area contributed by atoms with Gasteiger partial charge in [0.2, 0.25) is 5.91 Å². The summed E-state index contributed by atoms with van der Waals surface area (Å²) >= 11 is 0. The van der Waals surface area contributed by atoms with Crippen molar-refractivity contribution >= 4 is 5.91 Å². The lowest BCUT2D eigenvalue weighted by molar-refractivity contribution is -0.127. The molecule has 1 heterocycles. The molecule has 2 bridgehead atoms. The molecule has 5 atom stereocenters. The number of piperidine rings is 1. The number of carbonyl (C=O) groups is 1. The summed E-state index contributed by atoms with van der Waals surface area (Å²) in [6, 6.07) is 0.785. The van der Waals surface area contributed by atoms with E-state index in [9.17, 15) is 4.79 Å². The van der Waals surface area contributed by atoms with Gasteiger partial charge in [0, 0.05) is 25.2 Å². The molecule has 1 aliphatic heterocycles. The zero-order valence-electron chi connectivity index (χ0n) is 12.7. The molecule has 2 aliphatic carbocycles. The third kappa shape index (κ3) is 2.73. The van der Waals surface area contributed by atoms with Crippen LogP contribution in [0, 0.1) is 17.8 Å². The second-order valence-electron chi connectivity index (χ2n) is 7.11. The fourth-order valence-electron chi connectivity index (χ4n) is 4.66. The van der Waals surface area contributed by atoms with Crippen LogP contribution in [-0.4, -0.2) is 42.5 Å². The van der Waals surface area contributed by atoms with E-state index in [0.29, 0.717) is 17.9 Å². The van der Waals surface area contributed by atoms with Crippen LogP contribution in [-0.2, 0) is 4.79 Å². The Labute approximate surface area is 122 Å². The fourth-order valence-corrected chi connectivity index (χ4v) is 4.66. The second kappa shape index (κ2) is 6.02. The van der Waals surface area contributed by atoms with Gasteiger partial charge in [0.25, 0.3) is 0 Å². The molecule has 4 nitrogen and oxygen atoms in total. The first kappa shape index (κ1) is 14.3. The molecule has 1 amide bonds. The van der Waals surface area contributed by atoms with E-state index in [1.54, 1.807) is 0 Å². The minimum Gasteiger partial charge on any atom is -0.355 e. The van der Waals surface area contributed by atoms with Crippen LogP contribution in [0.2, 0.25) is 0 Å². The Morgan fingerprint density at radius 3 is 2.75 bits per heavy atom. The molecule has 20 heavy (non-hydrogen) atoms. The van der Waals surface area contributed by atoms with Crippen LogP contribution in [0.25, 0.3) is 0 Å². The number of likely N-dealkylation sites (tertiary alicyclic amines) is 1. The Hall–Kier alpha value is -0.610. The summed E-state index contributed by atoms with van der Waals surface area (Å²) in [6.07, 6.45) is 7.58. The average molecular weight is 279 g/mol. The summed E-state index contributed by atoms with van der Waals surface area (Å²) in [6.45, 7) is 5.25. The SMILES string of the molecule is CC1CCCCN1CCNC(=O)C1C2CCC(C2)C1N. The molecule has 0 aromatic rings. The van der Waals surface area contributed by atoms with Crippen molar-refractivity contribution in [1.29, 1.82) is 0 Å². The van der Waals surface area contributed by atoms with Gasteiger partial charge in [0.05, 0.1) is 5.92 Å². The highest BCUT2D eigenvalue weighted by Gasteiger charge is 2.48. The van der Waals surface area contributed by atoms with Gasteiger partial charge in [-0.1, -0.05) is 6.42 Å². The Kier molecular flexibility index (Phi) is 4.32. The van der Waals surface area contributed by atoms with E-state index < -0.39 is 0 Å². The van der Waals surface area contributed by atoms with Gasteiger partial charge < -0.3 is 11.1 Å². The van der Waals surface area contributed by atoms with Crippen molar-refractivity contribution < 1.29 is 4.79 Å². The standard InChI is InChI=1S/C16H29N3O/c1-11-4-2-3-8-19(11)9-7-18-16(20)14-12-5-6-13(10-12)15(14)17/h11-15H,2-10,17H2,1H3,(H,18,20). The van der Waals surface area contributed by atoms with Crippen molar-refractivity contribution in [3.8, 4) is 0 Å². The lowest BCUT2D eigenvalue weighted by Crippen LogP contribution is -2.48. The van der Waals surface area contributed by atoms with Crippen LogP contribution in [0.4, 0.5) is 0 Å². The molecule has 0 aromatic carbocycles. The van der Waals surface area contributed by atoms with Crippen LogP contribution >= 0.6 is 0 Å². The molecule has 3 fully saturated rings. The van der Waals surface area contributed by atoms with Crippen molar-refractivity contribution in [2.45, 2.75) is 57.5 Å². The molecule has 114 valence electrons. The van der Waals surface area contributed by atoms with Gasteiger partial charge in [-0.15, -0.1) is 0 Å². The monoisotopic (exact) mass is 279 g/mol. The number of nitrogens with one attached hydrogen (secondary N) is 1. The van der Waals surface area contributed by atoms with Gasteiger partial charge in [0.1, 0.15) is 0 Å². The van der Waals surface area contributed by atoms with Gasteiger partial charge in [0.15, 0.2) is 0 Å². The summed E-state index contributed by atoms with van der Waals surface area (Å²) < 4.78 is 0. The second-order valence-corrected chi connectivity index (χ2v) is 7.11. The van der Waals surface area contributed by atoms with Crippen molar-refractivity contribution in [2.24, 2.45) is 23.5 Å². The van der Waals surface area contributed by atoms with Crippen molar-refractivity contribution in [1.82, 2.24) is 10.2 Å². The van der Waals surface area contributed by atoms with Crippen molar-refractivity contribution in [3.05, 3.63) is 0 Å². The molecule has 3 N–H and O–H groups in total. The number of nitrogens with two attached hydrogens (primary N) is 1. The quantitative estimate of drug-likeness (QED) is 0.817. The number of carbonyl (C=O) groups excluding carboxylic acids is 1. The van der Waals surface area contributed by atoms with Gasteiger partial charge in [-0.25, -0.2) is 0 Å². The number of fused-ring (bicyclic) bond motifs is 2. The maximum atomic E-state index is 12.4. The molecule has 5 unspecified atom stereocenters. The number of hydrogen-bond donors (Lipinski definition) is 2. The van der Waals surface area contributed by atoms with E-state index in [0.717, 1.165) is 13.1 Å². The zero-order chi connectivity index (χ0) is 14.1. The molecule has 0 spiro atoms. The Balaban J connectivity index is 1.43. The predicted octanol–water partition coefficient (Wildman–Crippen LogP) is 1.35. The number of amides is 1. The van der Waals surface area contributed by atoms with Crippen LogP contribution in [0.15, 0.2) is 0 Å². The van der Waals surface area contributed by atoms with Gasteiger partial charge in [-0.3, -0.25) is 9.69 Å². The lowest BCUT2D eigenvalue weighted by Gasteiger charge is -2.33. The van der Waals surface area contributed by atoms with Crippen LogP contribution < -0.4 is 11.1 Å². The van der Waals surface area contributed by atoms with Gasteiger partial charge in [-0.05, 0) is 57.4 Å². The molecule has 0 radical (unpaired) electrons. The first-order valence-corrected chi connectivity index (χ1v) is 8.44. The van der Waals surface area contributed by atoms with Crippen molar-refractivity contribution in [2.75, 3.05) is 19.6 Å². The fraction of sp³-hybridized carbons (Fsp3) is 0.938. The number of nitrogens with zero attached hydrogens (tertiary/aromatic N) is 1. The normalized spacial score (nSPS) is 41.0. The first-order chi connectivity index (χ1) is 9.66. The largest absolute Gasteiger partial charge is 0.355 e. The summed E-state index contributed by atoms with van der Waals surface area (Å²) in [5.74, 6) is 1.48. The topological polar surface area (TPSA) is 58.4 Å². The Bertz CT molecular complexity index is 358. The Morgan fingerprint density at radius 2 is 2.05 bits per heavy atom. The van der Waals surface area contributed by atoms with Crippen LogP contribution in [0.3, 0.4) is 0 Å². The highest BCUT2D eigenvalue weighted by Crippen LogP contribution is 2.47. The lowest BCUT2D eigenvalue weighted by atomic mass is 9.84. The zero-order valence-corrected chi connectivity index (χ0v) is 12.7. The molecule has 3 rings (SSSR count). The molecular weight excluding hydrogens is 250 g/mol. The van der Waals surface area contributed by atoms with E-state index in [1.807, 2.05) is 0 Å². The Morgan fingerprint density at radius 1 is 1.25 bits per heavy atom.